The summed E-state index contributed by atoms with van der Waals surface area (Å²) in [6.07, 6.45) is 1.67. The fourth-order valence-electron chi connectivity index (χ4n) is 2.77. The molecule has 168 valence electrons. The van der Waals surface area contributed by atoms with Crippen LogP contribution in [0.5, 0.6) is 5.75 Å². The van der Waals surface area contributed by atoms with E-state index in [-0.39, 0.29) is 24.0 Å². The van der Waals surface area contributed by atoms with Gasteiger partial charge in [-0.1, -0.05) is 18.2 Å². The van der Waals surface area contributed by atoms with Gasteiger partial charge in [-0.05, 0) is 36.9 Å². The predicted octanol–water partition coefficient (Wildman–Crippen LogP) is 4.61. The molecule has 2 N–H and O–H groups in total. The minimum absolute atomic E-state index is 0. The summed E-state index contributed by atoms with van der Waals surface area (Å²) in [6.45, 7) is 6.91. The number of hydrogen-bond acceptors (Lipinski definition) is 6. The number of halogens is 1. The van der Waals surface area contributed by atoms with E-state index in [1.807, 2.05) is 30.5 Å². The second-order valence-corrected chi connectivity index (χ2v) is 7.50. The van der Waals surface area contributed by atoms with Gasteiger partial charge in [0.25, 0.3) is 0 Å². The summed E-state index contributed by atoms with van der Waals surface area (Å²) >= 11 is 1.60. The van der Waals surface area contributed by atoms with Crippen molar-refractivity contribution in [2.75, 3.05) is 26.9 Å². The van der Waals surface area contributed by atoms with Crippen molar-refractivity contribution in [3.63, 3.8) is 0 Å². The Morgan fingerprint density at radius 1 is 1.19 bits per heavy atom. The number of ether oxygens (including phenoxy) is 2. The number of aliphatic imine (C=N–C) groups is 1. The van der Waals surface area contributed by atoms with Gasteiger partial charge in [-0.2, -0.15) is 0 Å². The van der Waals surface area contributed by atoms with Gasteiger partial charge in [0, 0.05) is 25.8 Å². The summed E-state index contributed by atoms with van der Waals surface area (Å²) in [7, 11) is 1.74. The van der Waals surface area contributed by atoms with Crippen LogP contribution < -0.4 is 15.4 Å². The van der Waals surface area contributed by atoms with E-state index in [1.54, 1.807) is 24.6 Å². The smallest absolute Gasteiger partial charge is 0.236 e. The maximum atomic E-state index is 5.91. The lowest BCUT2D eigenvalue weighted by molar-refractivity contribution is 0.110. The molecule has 3 aromatic rings. The number of oxazole rings is 1. The first-order chi connectivity index (χ1) is 14.7. The molecule has 0 aliphatic rings. The van der Waals surface area contributed by atoms with E-state index < -0.39 is 0 Å². The van der Waals surface area contributed by atoms with Gasteiger partial charge in [0.05, 0.1) is 23.7 Å². The van der Waals surface area contributed by atoms with Crippen LogP contribution >= 0.6 is 35.3 Å². The lowest BCUT2D eigenvalue weighted by Crippen LogP contribution is -2.36. The Hall–Kier alpha value is -2.11. The Bertz CT molecular complexity index is 944. The highest BCUT2D eigenvalue weighted by molar-refractivity contribution is 14.0. The number of thiophene rings is 1. The molecular formula is C22H29IN4O3S. The molecule has 0 radical (unpaired) electrons. The van der Waals surface area contributed by atoms with Gasteiger partial charge in [0.1, 0.15) is 18.6 Å². The van der Waals surface area contributed by atoms with Crippen LogP contribution in [0.3, 0.4) is 0 Å². The second-order valence-electron chi connectivity index (χ2n) is 6.56. The minimum atomic E-state index is 0. The molecule has 0 saturated heterocycles. The summed E-state index contributed by atoms with van der Waals surface area (Å²) < 4.78 is 16.8. The topological polar surface area (TPSA) is 80.9 Å². The largest absolute Gasteiger partial charge is 0.491 e. The van der Waals surface area contributed by atoms with Crippen molar-refractivity contribution in [3.05, 3.63) is 58.8 Å². The van der Waals surface area contributed by atoms with Crippen molar-refractivity contribution in [2.45, 2.75) is 26.9 Å². The van der Waals surface area contributed by atoms with E-state index in [0.29, 0.717) is 44.8 Å². The van der Waals surface area contributed by atoms with Crippen LogP contribution in [-0.4, -0.2) is 37.8 Å². The third-order valence-corrected chi connectivity index (χ3v) is 5.16. The zero-order chi connectivity index (χ0) is 21.2. The lowest BCUT2D eigenvalue weighted by Gasteiger charge is -2.15. The quantitative estimate of drug-likeness (QED) is 0.164. The number of benzene rings is 1. The third kappa shape index (κ3) is 7.82. The van der Waals surface area contributed by atoms with E-state index in [1.165, 1.54) is 0 Å². The minimum Gasteiger partial charge on any atom is -0.491 e. The number of nitrogens with one attached hydrogen (secondary N) is 2. The standard InChI is InChI=1S/C22H28N4O3S.HI/c1-4-27-9-10-28-19-12-16(2)7-8-17(19)13-24-22(23-3)25-14-18-15-29-21(26-18)20-6-5-11-30-20;/h5-8,11-12,15H,4,9-10,13-14H2,1-3H3,(H2,23,24,25);1H. The number of nitrogens with zero attached hydrogens (tertiary/aromatic N) is 2. The summed E-state index contributed by atoms with van der Waals surface area (Å²) in [5.41, 5.74) is 3.03. The Morgan fingerprint density at radius 3 is 2.77 bits per heavy atom. The van der Waals surface area contributed by atoms with Crippen molar-refractivity contribution in [3.8, 4) is 16.5 Å². The van der Waals surface area contributed by atoms with Crippen LogP contribution in [0, 0.1) is 6.92 Å². The number of aryl methyl sites for hydroxylation is 1. The Morgan fingerprint density at radius 2 is 2.03 bits per heavy atom. The van der Waals surface area contributed by atoms with E-state index in [2.05, 4.69) is 39.7 Å². The average molecular weight is 556 g/mol. The summed E-state index contributed by atoms with van der Waals surface area (Å²) in [6, 6.07) is 10.2. The van der Waals surface area contributed by atoms with Gasteiger partial charge >= 0.3 is 0 Å². The molecule has 0 saturated carbocycles. The number of rotatable bonds is 10. The van der Waals surface area contributed by atoms with Crippen LogP contribution in [-0.2, 0) is 17.8 Å². The molecule has 0 spiro atoms. The Kier molecular flexibility index (Phi) is 10.8. The van der Waals surface area contributed by atoms with E-state index in [4.69, 9.17) is 13.9 Å². The highest BCUT2D eigenvalue weighted by Crippen LogP contribution is 2.23. The Labute approximate surface area is 204 Å². The van der Waals surface area contributed by atoms with Crippen molar-refractivity contribution in [1.82, 2.24) is 15.6 Å². The maximum absolute atomic E-state index is 5.91. The van der Waals surface area contributed by atoms with Crippen molar-refractivity contribution in [2.24, 2.45) is 4.99 Å². The molecule has 0 aliphatic heterocycles. The van der Waals surface area contributed by atoms with Gasteiger partial charge in [-0.3, -0.25) is 4.99 Å². The van der Waals surface area contributed by atoms with Crippen molar-refractivity contribution < 1.29 is 13.9 Å². The number of aromatic nitrogens is 1. The van der Waals surface area contributed by atoms with Crippen molar-refractivity contribution in [1.29, 1.82) is 0 Å². The molecule has 31 heavy (non-hydrogen) atoms. The SMILES string of the molecule is CCOCCOc1cc(C)ccc1CNC(=NC)NCc1coc(-c2cccs2)n1.I. The first kappa shape index (κ1) is 25.2. The summed E-state index contributed by atoms with van der Waals surface area (Å²) in [4.78, 5) is 9.82. The zero-order valence-electron chi connectivity index (χ0n) is 18.0. The summed E-state index contributed by atoms with van der Waals surface area (Å²) in [5.74, 6) is 2.17. The monoisotopic (exact) mass is 556 g/mol. The van der Waals surface area contributed by atoms with Gasteiger partial charge in [0.15, 0.2) is 5.96 Å². The zero-order valence-corrected chi connectivity index (χ0v) is 21.2. The number of guanidine groups is 1. The van der Waals surface area contributed by atoms with E-state index >= 15 is 0 Å². The van der Waals surface area contributed by atoms with Gasteiger partial charge in [-0.15, -0.1) is 35.3 Å². The highest BCUT2D eigenvalue weighted by Gasteiger charge is 2.09. The first-order valence-corrected chi connectivity index (χ1v) is 10.8. The van der Waals surface area contributed by atoms with E-state index in [9.17, 15) is 0 Å². The molecule has 0 unspecified atom stereocenters. The molecular weight excluding hydrogens is 527 g/mol. The number of hydrogen-bond donors (Lipinski definition) is 2. The lowest BCUT2D eigenvalue weighted by atomic mass is 10.1. The molecule has 0 bridgehead atoms. The first-order valence-electron chi connectivity index (χ1n) is 9.92. The molecule has 2 heterocycles. The molecule has 0 amide bonds. The van der Waals surface area contributed by atoms with Crippen LogP contribution in [0.1, 0.15) is 23.7 Å². The molecule has 7 nitrogen and oxygen atoms in total. The fourth-order valence-corrected chi connectivity index (χ4v) is 3.43. The molecule has 2 aromatic heterocycles. The summed E-state index contributed by atoms with van der Waals surface area (Å²) in [5, 5.41) is 8.59. The van der Waals surface area contributed by atoms with Gasteiger partial charge < -0.3 is 24.5 Å². The normalized spacial score (nSPS) is 11.1. The predicted molar refractivity (Wildman–Crippen MR) is 135 cm³/mol. The van der Waals surface area contributed by atoms with Crippen LogP contribution in [0.4, 0.5) is 0 Å². The maximum Gasteiger partial charge on any atom is 0.236 e. The highest BCUT2D eigenvalue weighted by atomic mass is 127. The van der Waals surface area contributed by atoms with Crippen LogP contribution in [0.2, 0.25) is 0 Å². The fraction of sp³-hybridized carbons (Fsp3) is 0.364. The molecule has 0 aliphatic carbocycles. The third-order valence-electron chi connectivity index (χ3n) is 4.30. The molecule has 0 fully saturated rings. The average Bonchev–Trinajstić information content (AvgIpc) is 3.44. The van der Waals surface area contributed by atoms with Gasteiger partial charge in [0.2, 0.25) is 5.89 Å². The molecule has 3 rings (SSSR count). The molecule has 1 aromatic carbocycles. The second kappa shape index (κ2) is 13.3. The molecule has 0 atom stereocenters. The molecule has 9 heteroatoms. The Balaban J connectivity index is 0.00000341. The van der Waals surface area contributed by atoms with E-state index in [0.717, 1.165) is 27.4 Å². The van der Waals surface area contributed by atoms with Crippen LogP contribution in [0.15, 0.2) is 51.4 Å². The van der Waals surface area contributed by atoms with Gasteiger partial charge in [-0.25, -0.2) is 4.98 Å². The van der Waals surface area contributed by atoms with Crippen LogP contribution in [0.25, 0.3) is 10.8 Å². The van der Waals surface area contributed by atoms with Crippen molar-refractivity contribution >= 4 is 41.3 Å².